The minimum absolute atomic E-state index is 0. The lowest BCUT2D eigenvalue weighted by Crippen LogP contribution is -3.00. The average molecular weight is 572 g/mol. The van der Waals surface area contributed by atoms with Crippen LogP contribution in [0.3, 0.4) is 0 Å². The molecule has 1 aliphatic carbocycles. The molecule has 0 atom stereocenters. The number of rotatable bonds is 8. The SMILES string of the molecule is C[N+](C)(CCCSc1ccc(Cl)cc1)Cc1cnc(C2(O)c3ccccc3-c3ccccc32)o1.[Br-]. The first kappa shape index (κ1) is 26.0. The molecule has 5 rings (SSSR count). The molecule has 0 saturated carbocycles. The van der Waals surface area contributed by atoms with Gasteiger partial charge in [0.15, 0.2) is 11.4 Å². The largest absolute Gasteiger partial charge is 1.00 e. The molecule has 3 aromatic carbocycles. The molecule has 0 saturated heterocycles. The van der Waals surface area contributed by atoms with Crippen LogP contribution in [0.4, 0.5) is 0 Å². The van der Waals surface area contributed by atoms with Crippen molar-refractivity contribution >= 4 is 23.4 Å². The van der Waals surface area contributed by atoms with Gasteiger partial charge in [0, 0.05) is 33.2 Å². The summed E-state index contributed by atoms with van der Waals surface area (Å²) in [5, 5.41) is 12.7. The molecule has 0 bridgehead atoms. The van der Waals surface area contributed by atoms with Gasteiger partial charge in [0.2, 0.25) is 5.89 Å². The quantitative estimate of drug-likeness (QED) is 0.200. The van der Waals surface area contributed by atoms with Gasteiger partial charge in [0.25, 0.3) is 0 Å². The zero-order valence-corrected chi connectivity index (χ0v) is 22.9. The van der Waals surface area contributed by atoms with Crippen molar-refractivity contribution in [3.8, 4) is 11.1 Å². The molecule has 7 heteroatoms. The van der Waals surface area contributed by atoms with Crippen LogP contribution in [-0.4, -0.2) is 41.0 Å². The lowest BCUT2D eigenvalue weighted by Gasteiger charge is -2.28. The van der Waals surface area contributed by atoms with E-state index in [9.17, 15) is 5.11 Å². The third-order valence-electron chi connectivity index (χ3n) is 6.36. The topological polar surface area (TPSA) is 46.3 Å². The predicted molar refractivity (Wildman–Crippen MR) is 138 cm³/mol. The van der Waals surface area contributed by atoms with Gasteiger partial charge in [-0.15, -0.1) is 11.8 Å². The van der Waals surface area contributed by atoms with E-state index in [2.05, 4.69) is 31.2 Å². The fourth-order valence-electron chi connectivity index (χ4n) is 4.70. The maximum Gasteiger partial charge on any atom is 0.236 e. The molecular weight excluding hydrogens is 544 g/mol. The summed E-state index contributed by atoms with van der Waals surface area (Å²) >= 11 is 7.82. The highest BCUT2D eigenvalue weighted by molar-refractivity contribution is 7.99. The van der Waals surface area contributed by atoms with Crippen molar-refractivity contribution in [2.45, 2.75) is 23.5 Å². The zero-order valence-electron chi connectivity index (χ0n) is 19.7. The van der Waals surface area contributed by atoms with Crippen molar-refractivity contribution in [2.75, 3.05) is 26.4 Å². The van der Waals surface area contributed by atoms with Crippen molar-refractivity contribution in [3.05, 3.63) is 107 Å². The number of aromatic nitrogens is 1. The van der Waals surface area contributed by atoms with Crippen LogP contribution in [0.15, 0.2) is 88.3 Å². The summed E-state index contributed by atoms with van der Waals surface area (Å²) in [6.45, 7) is 1.71. The highest BCUT2D eigenvalue weighted by Gasteiger charge is 2.46. The second-order valence-corrected chi connectivity index (χ2v) is 11.0. The Morgan fingerprint density at radius 1 is 0.943 bits per heavy atom. The summed E-state index contributed by atoms with van der Waals surface area (Å²) in [5.74, 6) is 2.15. The Morgan fingerprint density at radius 3 is 2.17 bits per heavy atom. The number of hydrogen-bond acceptors (Lipinski definition) is 4. The minimum atomic E-state index is -1.38. The van der Waals surface area contributed by atoms with E-state index < -0.39 is 5.60 Å². The number of oxazole rings is 1. The van der Waals surface area contributed by atoms with Gasteiger partial charge in [0.1, 0.15) is 6.54 Å². The second-order valence-electron chi connectivity index (χ2n) is 9.41. The summed E-state index contributed by atoms with van der Waals surface area (Å²) < 4.78 is 6.99. The first-order valence-electron chi connectivity index (χ1n) is 11.4. The van der Waals surface area contributed by atoms with Crippen LogP contribution in [-0.2, 0) is 12.1 Å². The molecule has 4 nitrogen and oxygen atoms in total. The normalized spacial score (nSPS) is 13.7. The molecule has 4 aromatic rings. The minimum Gasteiger partial charge on any atom is -1.00 e. The van der Waals surface area contributed by atoms with Crippen LogP contribution in [0.5, 0.6) is 0 Å². The molecule has 1 heterocycles. The van der Waals surface area contributed by atoms with Crippen molar-refractivity contribution in [2.24, 2.45) is 0 Å². The summed E-state index contributed by atoms with van der Waals surface area (Å²) in [4.78, 5) is 5.79. The summed E-state index contributed by atoms with van der Waals surface area (Å²) in [5.41, 5.74) is 2.30. The monoisotopic (exact) mass is 570 g/mol. The van der Waals surface area contributed by atoms with Crippen molar-refractivity contribution in [3.63, 3.8) is 0 Å². The van der Waals surface area contributed by atoms with Crippen molar-refractivity contribution in [1.29, 1.82) is 0 Å². The van der Waals surface area contributed by atoms with Crippen molar-refractivity contribution in [1.82, 2.24) is 4.98 Å². The first-order chi connectivity index (χ1) is 16.4. The number of quaternary nitrogens is 1. The Balaban J connectivity index is 0.00000289. The Bertz CT molecular complexity index is 1260. The average Bonchev–Trinajstić information content (AvgIpc) is 3.40. The number of fused-ring (bicyclic) bond motifs is 3. The van der Waals surface area contributed by atoms with E-state index in [-0.39, 0.29) is 17.0 Å². The third-order valence-corrected chi connectivity index (χ3v) is 7.71. The maximum absolute atomic E-state index is 11.9. The van der Waals surface area contributed by atoms with Gasteiger partial charge in [0.05, 0.1) is 26.8 Å². The summed E-state index contributed by atoms with van der Waals surface area (Å²) in [6, 6.07) is 23.9. The number of benzene rings is 3. The first-order valence-corrected chi connectivity index (χ1v) is 12.8. The van der Waals surface area contributed by atoms with Gasteiger partial charge in [-0.1, -0.05) is 60.1 Å². The smallest absolute Gasteiger partial charge is 0.236 e. The van der Waals surface area contributed by atoms with Crippen LogP contribution in [0, 0.1) is 0 Å². The number of halogens is 2. The molecule has 0 fully saturated rings. The molecule has 0 spiro atoms. The Morgan fingerprint density at radius 2 is 1.54 bits per heavy atom. The second kappa shape index (κ2) is 10.5. The van der Waals surface area contributed by atoms with Crippen LogP contribution < -0.4 is 17.0 Å². The van der Waals surface area contributed by atoms with Gasteiger partial charge >= 0.3 is 0 Å². The number of aliphatic hydroxyl groups is 1. The zero-order chi connectivity index (χ0) is 23.8. The fraction of sp³-hybridized carbons (Fsp3) is 0.250. The highest BCUT2D eigenvalue weighted by atomic mass is 79.9. The lowest BCUT2D eigenvalue weighted by molar-refractivity contribution is -0.904. The predicted octanol–water partition coefficient (Wildman–Crippen LogP) is 3.36. The van der Waals surface area contributed by atoms with E-state index in [0.29, 0.717) is 12.4 Å². The molecular formula is C28H28BrClN2O2S. The summed E-state index contributed by atoms with van der Waals surface area (Å²) in [6.07, 6.45) is 2.84. The van der Waals surface area contributed by atoms with Crippen LogP contribution in [0.25, 0.3) is 11.1 Å². The molecule has 1 aliphatic rings. The van der Waals surface area contributed by atoms with Gasteiger partial charge in [-0.3, -0.25) is 0 Å². The van der Waals surface area contributed by atoms with Crippen LogP contribution in [0.1, 0.15) is 29.2 Å². The number of nitrogens with zero attached hydrogens (tertiary/aromatic N) is 2. The molecule has 0 radical (unpaired) electrons. The maximum atomic E-state index is 11.9. The van der Waals surface area contributed by atoms with E-state index in [1.165, 1.54) is 4.90 Å². The van der Waals surface area contributed by atoms with E-state index >= 15 is 0 Å². The Kier molecular flexibility index (Phi) is 7.79. The standard InChI is InChI=1S/C28H28ClN2O2S.BrH/c1-31(2,16-7-17-34-22-14-12-20(29)13-15-22)19-21-18-30-27(33-21)28(32)25-10-5-3-8-23(25)24-9-4-6-11-26(24)28;/h3-6,8-15,18,32H,7,16-17,19H2,1-2H3;1H/q+1;/p-1. The molecule has 1 aromatic heterocycles. The Hall–Kier alpha value is -2.09. The molecule has 0 unspecified atom stereocenters. The van der Waals surface area contributed by atoms with Gasteiger partial charge in [-0.2, -0.15) is 0 Å². The van der Waals surface area contributed by atoms with Gasteiger partial charge < -0.3 is 31.0 Å². The molecule has 35 heavy (non-hydrogen) atoms. The molecule has 182 valence electrons. The van der Waals surface area contributed by atoms with E-state index in [1.54, 1.807) is 6.20 Å². The lowest BCUT2D eigenvalue weighted by atomic mass is 9.91. The van der Waals surface area contributed by atoms with E-state index in [0.717, 1.165) is 56.2 Å². The van der Waals surface area contributed by atoms with E-state index in [4.69, 9.17) is 16.0 Å². The van der Waals surface area contributed by atoms with Crippen LogP contribution >= 0.6 is 23.4 Å². The fourth-order valence-corrected chi connectivity index (χ4v) is 5.67. The van der Waals surface area contributed by atoms with Gasteiger partial charge in [-0.25, -0.2) is 4.98 Å². The van der Waals surface area contributed by atoms with Crippen LogP contribution in [0.2, 0.25) is 5.02 Å². The highest BCUT2D eigenvalue weighted by Crippen LogP contribution is 2.50. The third kappa shape index (κ3) is 5.23. The van der Waals surface area contributed by atoms with Gasteiger partial charge in [-0.05, 0) is 35.4 Å². The van der Waals surface area contributed by atoms with E-state index in [1.807, 2.05) is 72.4 Å². The summed E-state index contributed by atoms with van der Waals surface area (Å²) in [7, 11) is 4.40. The Labute approximate surface area is 226 Å². The van der Waals surface area contributed by atoms with Crippen molar-refractivity contribution < 1.29 is 31.0 Å². The number of thioether (sulfide) groups is 1. The molecule has 0 aliphatic heterocycles. The number of hydrogen-bond donors (Lipinski definition) is 1. The molecule has 1 N–H and O–H groups in total. The molecule has 0 amide bonds.